The van der Waals surface area contributed by atoms with Crippen LogP contribution in [0.15, 0.2) is 83.1 Å². The van der Waals surface area contributed by atoms with Gasteiger partial charge in [-0.2, -0.15) is 0 Å². The zero-order valence-corrected chi connectivity index (χ0v) is 18.6. The van der Waals surface area contributed by atoms with E-state index in [1.54, 1.807) is 13.0 Å². The van der Waals surface area contributed by atoms with Crippen LogP contribution in [0.5, 0.6) is 11.5 Å². The van der Waals surface area contributed by atoms with Gasteiger partial charge in [-0.1, -0.05) is 48.4 Å². The second kappa shape index (κ2) is 11.1. The van der Waals surface area contributed by atoms with Crippen LogP contribution in [0.1, 0.15) is 45.2 Å². The minimum Gasteiger partial charge on any atom is -0.457 e. The molecule has 0 aliphatic rings. The summed E-state index contributed by atoms with van der Waals surface area (Å²) in [5.41, 5.74) is 11.4. The fourth-order valence-corrected chi connectivity index (χ4v) is 2.83. The van der Waals surface area contributed by atoms with Crippen LogP contribution in [0.25, 0.3) is 0 Å². The summed E-state index contributed by atoms with van der Waals surface area (Å²) in [6, 6.07) is 15.6. The first-order chi connectivity index (χ1) is 14.3. The number of hydrogen-bond donors (Lipinski definition) is 2. The predicted molar refractivity (Wildman–Crippen MR) is 124 cm³/mol. The van der Waals surface area contributed by atoms with E-state index in [1.807, 2.05) is 68.5 Å². The molecule has 0 saturated carbocycles. The van der Waals surface area contributed by atoms with Gasteiger partial charge in [0.05, 0.1) is 5.57 Å². The fraction of sp³-hybridized carbons (Fsp3) is 0.269. The first-order valence-corrected chi connectivity index (χ1v) is 10.2. The van der Waals surface area contributed by atoms with E-state index < -0.39 is 0 Å². The summed E-state index contributed by atoms with van der Waals surface area (Å²) in [6.07, 6.45) is 4.71. The maximum atomic E-state index is 12.7. The van der Waals surface area contributed by atoms with E-state index in [0.717, 1.165) is 34.6 Å². The highest BCUT2D eigenvalue weighted by molar-refractivity contribution is 5.96. The van der Waals surface area contributed by atoms with Crippen molar-refractivity contribution in [3.63, 3.8) is 0 Å². The second-order valence-electron chi connectivity index (χ2n) is 7.50. The van der Waals surface area contributed by atoms with Crippen molar-refractivity contribution in [1.29, 1.82) is 0 Å². The van der Waals surface area contributed by atoms with Gasteiger partial charge >= 0.3 is 0 Å². The lowest BCUT2D eigenvalue weighted by Crippen LogP contribution is -2.25. The number of hydrogen-bond acceptors (Lipinski definition) is 3. The molecule has 1 amide bonds. The quantitative estimate of drug-likeness (QED) is 0.423. The Morgan fingerprint density at radius 2 is 1.70 bits per heavy atom. The molecule has 0 unspecified atom stereocenters. The number of benzene rings is 2. The van der Waals surface area contributed by atoms with Gasteiger partial charge in [0.1, 0.15) is 11.5 Å². The molecule has 2 aromatic rings. The summed E-state index contributed by atoms with van der Waals surface area (Å²) in [6.45, 7) is 10.4. The van der Waals surface area contributed by atoms with Gasteiger partial charge in [0.25, 0.3) is 5.91 Å². The molecule has 0 atom stereocenters. The van der Waals surface area contributed by atoms with Crippen LogP contribution < -0.4 is 15.8 Å². The van der Waals surface area contributed by atoms with Crippen LogP contribution in [-0.4, -0.2) is 5.91 Å². The van der Waals surface area contributed by atoms with E-state index in [1.165, 1.54) is 5.57 Å². The molecule has 2 rings (SSSR count). The van der Waals surface area contributed by atoms with Gasteiger partial charge in [-0.3, -0.25) is 4.79 Å². The normalized spacial score (nSPS) is 13.0. The summed E-state index contributed by atoms with van der Waals surface area (Å²) in [7, 11) is 0. The molecule has 158 valence electrons. The Morgan fingerprint density at radius 3 is 2.33 bits per heavy atom. The molecule has 0 fully saturated rings. The molecule has 0 aromatic heterocycles. The van der Waals surface area contributed by atoms with E-state index in [-0.39, 0.29) is 5.91 Å². The molecule has 0 saturated heterocycles. The number of ether oxygens (including phenoxy) is 1. The maximum absolute atomic E-state index is 12.7. The highest BCUT2D eigenvalue weighted by Crippen LogP contribution is 2.23. The first kappa shape index (κ1) is 23.0. The lowest BCUT2D eigenvalue weighted by Gasteiger charge is -2.10. The molecular weight excluding hydrogens is 372 g/mol. The largest absolute Gasteiger partial charge is 0.457 e. The standard InChI is InChI=1S/C26H32N2O2/c1-6-19(3)20(4)13-14-25(21(5)27)26(29)28-17-22-10-8-12-24(16-22)30-23-11-7-9-18(2)15-23/h7-16H,6,17,27H2,1-5H3,(H,28,29)/b14-13-,20-19?,25-21-. The van der Waals surface area contributed by atoms with E-state index in [9.17, 15) is 4.79 Å². The minimum atomic E-state index is -0.196. The highest BCUT2D eigenvalue weighted by Gasteiger charge is 2.09. The summed E-state index contributed by atoms with van der Waals surface area (Å²) >= 11 is 0. The van der Waals surface area contributed by atoms with E-state index in [0.29, 0.717) is 17.8 Å². The first-order valence-electron chi connectivity index (χ1n) is 10.2. The smallest absolute Gasteiger partial charge is 0.253 e. The van der Waals surface area contributed by atoms with Crippen LogP contribution >= 0.6 is 0 Å². The molecule has 2 aromatic carbocycles. The number of allylic oxidation sites excluding steroid dienone is 4. The van der Waals surface area contributed by atoms with Crippen LogP contribution in [0.2, 0.25) is 0 Å². The zero-order valence-electron chi connectivity index (χ0n) is 18.6. The third-order valence-corrected chi connectivity index (χ3v) is 4.95. The lowest BCUT2D eigenvalue weighted by molar-refractivity contribution is -0.117. The van der Waals surface area contributed by atoms with E-state index in [2.05, 4.69) is 19.2 Å². The average Bonchev–Trinajstić information content (AvgIpc) is 2.71. The number of rotatable bonds is 8. The summed E-state index contributed by atoms with van der Waals surface area (Å²) < 4.78 is 5.93. The van der Waals surface area contributed by atoms with Crippen molar-refractivity contribution in [2.75, 3.05) is 0 Å². The highest BCUT2D eigenvalue weighted by atomic mass is 16.5. The van der Waals surface area contributed by atoms with Crippen molar-refractivity contribution in [2.24, 2.45) is 5.73 Å². The Morgan fingerprint density at radius 1 is 1.03 bits per heavy atom. The van der Waals surface area contributed by atoms with E-state index >= 15 is 0 Å². The Labute approximate surface area is 180 Å². The molecule has 0 spiro atoms. The Bertz CT molecular complexity index is 980. The zero-order chi connectivity index (χ0) is 22.1. The number of carbonyl (C=O) groups excluding carboxylic acids is 1. The number of amides is 1. The van der Waals surface area contributed by atoms with Gasteiger partial charge in [0.15, 0.2) is 0 Å². The third-order valence-electron chi connectivity index (χ3n) is 4.95. The summed E-state index contributed by atoms with van der Waals surface area (Å²) in [4.78, 5) is 12.7. The monoisotopic (exact) mass is 404 g/mol. The molecule has 0 heterocycles. The van der Waals surface area contributed by atoms with Crippen molar-refractivity contribution in [3.05, 3.63) is 94.2 Å². The molecule has 4 nitrogen and oxygen atoms in total. The van der Waals surface area contributed by atoms with Gasteiger partial charge < -0.3 is 15.8 Å². The molecule has 0 radical (unpaired) electrons. The Kier molecular flexibility index (Phi) is 8.48. The average molecular weight is 405 g/mol. The van der Waals surface area contributed by atoms with Crippen molar-refractivity contribution in [2.45, 2.75) is 47.6 Å². The number of carbonyl (C=O) groups is 1. The van der Waals surface area contributed by atoms with Gasteiger partial charge in [0.2, 0.25) is 0 Å². The number of aryl methyl sites for hydroxylation is 1. The fourth-order valence-electron chi connectivity index (χ4n) is 2.83. The maximum Gasteiger partial charge on any atom is 0.253 e. The number of nitrogens with two attached hydrogens (primary N) is 1. The number of nitrogens with one attached hydrogen (secondary N) is 1. The van der Waals surface area contributed by atoms with Crippen LogP contribution in [-0.2, 0) is 11.3 Å². The summed E-state index contributed by atoms with van der Waals surface area (Å²) in [5.74, 6) is 1.32. The van der Waals surface area contributed by atoms with Crippen LogP contribution in [0, 0.1) is 6.92 Å². The SMILES string of the molecule is CCC(C)=C(C)/C=C\C(C(=O)NCc1cccc(Oc2cccc(C)c2)c1)=C(/C)N. The molecule has 3 N–H and O–H groups in total. The second-order valence-corrected chi connectivity index (χ2v) is 7.50. The Balaban J connectivity index is 2.05. The van der Waals surface area contributed by atoms with Crippen molar-refractivity contribution in [1.82, 2.24) is 5.32 Å². The van der Waals surface area contributed by atoms with E-state index in [4.69, 9.17) is 10.5 Å². The molecule has 0 aliphatic carbocycles. The van der Waals surface area contributed by atoms with Crippen molar-refractivity contribution >= 4 is 5.91 Å². The van der Waals surface area contributed by atoms with Crippen LogP contribution in [0.4, 0.5) is 0 Å². The molecular formula is C26H32N2O2. The summed E-state index contributed by atoms with van der Waals surface area (Å²) in [5, 5.41) is 2.95. The Hall–Kier alpha value is -3.27. The topological polar surface area (TPSA) is 64.3 Å². The lowest BCUT2D eigenvalue weighted by atomic mass is 10.1. The molecule has 0 bridgehead atoms. The van der Waals surface area contributed by atoms with Crippen LogP contribution in [0.3, 0.4) is 0 Å². The minimum absolute atomic E-state index is 0.196. The van der Waals surface area contributed by atoms with Crippen molar-refractivity contribution < 1.29 is 9.53 Å². The predicted octanol–water partition coefficient (Wildman–Crippen LogP) is 5.94. The van der Waals surface area contributed by atoms with Gasteiger partial charge in [-0.05, 0) is 75.6 Å². The van der Waals surface area contributed by atoms with Gasteiger partial charge in [-0.15, -0.1) is 0 Å². The molecule has 30 heavy (non-hydrogen) atoms. The molecule has 4 heteroatoms. The van der Waals surface area contributed by atoms with Crippen molar-refractivity contribution in [3.8, 4) is 11.5 Å². The van der Waals surface area contributed by atoms with Gasteiger partial charge in [-0.25, -0.2) is 0 Å². The molecule has 0 aliphatic heterocycles. The van der Waals surface area contributed by atoms with Gasteiger partial charge in [0, 0.05) is 12.2 Å². The third kappa shape index (κ3) is 6.96.